The molecular formula is C13H17FN4. The van der Waals surface area contributed by atoms with Crippen LogP contribution in [0.25, 0.3) is 11.0 Å². The molecule has 2 aromatic rings. The van der Waals surface area contributed by atoms with Crippen LogP contribution in [-0.4, -0.2) is 29.1 Å². The van der Waals surface area contributed by atoms with Crippen LogP contribution in [0.2, 0.25) is 0 Å². The zero-order valence-corrected chi connectivity index (χ0v) is 10.4. The molecule has 0 bridgehead atoms. The quantitative estimate of drug-likeness (QED) is 0.810. The summed E-state index contributed by atoms with van der Waals surface area (Å²) in [4.78, 5) is 9.86. The molecule has 1 aliphatic heterocycles. The first kappa shape index (κ1) is 11.5. The molecule has 18 heavy (non-hydrogen) atoms. The van der Waals surface area contributed by atoms with E-state index in [1.54, 1.807) is 6.07 Å². The van der Waals surface area contributed by atoms with Crippen molar-refractivity contribution in [1.29, 1.82) is 0 Å². The van der Waals surface area contributed by atoms with Crippen molar-refractivity contribution in [3.8, 4) is 0 Å². The number of nitrogens with one attached hydrogen (secondary N) is 1. The fraction of sp³-hybridized carbons (Fsp3) is 0.462. The summed E-state index contributed by atoms with van der Waals surface area (Å²) >= 11 is 0. The number of nitrogens with two attached hydrogens (primary N) is 1. The monoisotopic (exact) mass is 248 g/mol. The first-order chi connectivity index (χ1) is 8.63. The maximum Gasteiger partial charge on any atom is 0.203 e. The van der Waals surface area contributed by atoms with E-state index in [4.69, 9.17) is 5.73 Å². The zero-order chi connectivity index (χ0) is 12.7. The number of piperidine rings is 1. The van der Waals surface area contributed by atoms with Crippen molar-refractivity contribution in [3.05, 3.63) is 24.0 Å². The largest absolute Gasteiger partial charge is 0.342 e. The highest BCUT2D eigenvalue weighted by atomic mass is 19.1. The van der Waals surface area contributed by atoms with Gasteiger partial charge < -0.3 is 15.6 Å². The highest BCUT2D eigenvalue weighted by Gasteiger charge is 2.24. The Morgan fingerprint density at radius 3 is 3.11 bits per heavy atom. The number of imidazole rings is 1. The van der Waals surface area contributed by atoms with Gasteiger partial charge in [0.1, 0.15) is 5.82 Å². The van der Waals surface area contributed by atoms with E-state index in [1.807, 2.05) is 0 Å². The van der Waals surface area contributed by atoms with Crippen molar-refractivity contribution in [2.45, 2.75) is 19.4 Å². The first-order valence-corrected chi connectivity index (χ1v) is 6.29. The van der Waals surface area contributed by atoms with Gasteiger partial charge in [-0.1, -0.05) is 6.92 Å². The minimum absolute atomic E-state index is 0.244. The molecule has 0 aliphatic carbocycles. The van der Waals surface area contributed by atoms with E-state index in [9.17, 15) is 4.39 Å². The van der Waals surface area contributed by atoms with Gasteiger partial charge in [-0.05, 0) is 30.5 Å². The molecule has 3 N–H and O–H groups in total. The number of aromatic nitrogens is 2. The molecule has 96 valence electrons. The zero-order valence-electron chi connectivity index (χ0n) is 10.4. The molecule has 1 fully saturated rings. The average Bonchev–Trinajstić information content (AvgIpc) is 2.75. The maximum absolute atomic E-state index is 13.1. The Balaban J connectivity index is 1.90. The van der Waals surface area contributed by atoms with Crippen LogP contribution in [0.15, 0.2) is 18.2 Å². The summed E-state index contributed by atoms with van der Waals surface area (Å²) in [5, 5.41) is 0. The normalized spacial score (nSPS) is 24.7. The second kappa shape index (κ2) is 4.24. The average molecular weight is 248 g/mol. The molecule has 5 heteroatoms. The van der Waals surface area contributed by atoms with Gasteiger partial charge in [-0.25, -0.2) is 9.37 Å². The molecule has 1 aromatic carbocycles. The predicted molar refractivity (Wildman–Crippen MR) is 70.0 cm³/mol. The molecule has 2 heterocycles. The lowest BCUT2D eigenvalue weighted by atomic mass is 9.95. The molecule has 2 atom stereocenters. The number of hydrogen-bond acceptors (Lipinski definition) is 3. The molecule has 1 saturated heterocycles. The van der Waals surface area contributed by atoms with E-state index in [0.717, 1.165) is 36.5 Å². The molecule has 1 aliphatic rings. The van der Waals surface area contributed by atoms with Crippen LogP contribution in [0.3, 0.4) is 0 Å². The van der Waals surface area contributed by atoms with Crippen LogP contribution in [0.4, 0.5) is 10.3 Å². The van der Waals surface area contributed by atoms with Gasteiger partial charge in [0, 0.05) is 19.1 Å². The van der Waals surface area contributed by atoms with Crippen LogP contribution in [0, 0.1) is 11.7 Å². The molecule has 0 saturated carbocycles. The number of aromatic amines is 1. The number of fused-ring (bicyclic) bond motifs is 1. The second-order valence-electron chi connectivity index (χ2n) is 5.10. The Morgan fingerprint density at radius 1 is 1.50 bits per heavy atom. The number of H-pyrrole nitrogens is 1. The molecule has 0 radical (unpaired) electrons. The first-order valence-electron chi connectivity index (χ1n) is 6.29. The topological polar surface area (TPSA) is 57.9 Å². The highest BCUT2D eigenvalue weighted by Crippen LogP contribution is 2.23. The van der Waals surface area contributed by atoms with Gasteiger partial charge in [0.15, 0.2) is 0 Å². The van der Waals surface area contributed by atoms with Gasteiger partial charge in [0.25, 0.3) is 0 Å². The van der Waals surface area contributed by atoms with Crippen LogP contribution < -0.4 is 10.6 Å². The van der Waals surface area contributed by atoms with Crippen molar-refractivity contribution in [1.82, 2.24) is 9.97 Å². The summed E-state index contributed by atoms with van der Waals surface area (Å²) < 4.78 is 13.1. The fourth-order valence-corrected chi connectivity index (χ4v) is 2.47. The number of anilines is 1. The lowest BCUT2D eigenvalue weighted by Gasteiger charge is -2.34. The molecule has 4 nitrogen and oxygen atoms in total. The Morgan fingerprint density at radius 2 is 2.33 bits per heavy atom. The van der Waals surface area contributed by atoms with Crippen molar-refractivity contribution in [2.24, 2.45) is 11.7 Å². The molecule has 3 rings (SSSR count). The predicted octanol–water partition coefficient (Wildman–Crippen LogP) is 1.88. The van der Waals surface area contributed by atoms with Crippen molar-refractivity contribution in [2.75, 3.05) is 18.0 Å². The van der Waals surface area contributed by atoms with E-state index < -0.39 is 0 Å². The van der Waals surface area contributed by atoms with Crippen LogP contribution >= 0.6 is 0 Å². The summed E-state index contributed by atoms with van der Waals surface area (Å²) in [6.07, 6.45) is 0.965. The Labute approximate surface area is 105 Å². The Hall–Kier alpha value is -1.62. The molecule has 0 amide bonds. The van der Waals surface area contributed by atoms with Crippen LogP contribution in [0.5, 0.6) is 0 Å². The Kier molecular flexibility index (Phi) is 2.70. The highest BCUT2D eigenvalue weighted by molar-refractivity contribution is 5.77. The molecule has 0 spiro atoms. The summed E-state index contributed by atoms with van der Waals surface area (Å²) in [5.41, 5.74) is 7.55. The van der Waals surface area contributed by atoms with Gasteiger partial charge in [0.05, 0.1) is 11.0 Å². The number of halogens is 1. The third-order valence-electron chi connectivity index (χ3n) is 3.70. The Bertz CT molecular complexity index is 565. The van der Waals surface area contributed by atoms with Crippen LogP contribution in [-0.2, 0) is 0 Å². The summed E-state index contributed by atoms with van der Waals surface area (Å²) in [6.45, 7) is 3.94. The number of nitrogens with zero attached hydrogens (tertiary/aromatic N) is 2. The number of rotatable bonds is 1. The summed E-state index contributed by atoms with van der Waals surface area (Å²) in [6, 6.07) is 4.87. The minimum atomic E-state index is -0.244. The van der Waals surface area contributed by atoms with Gasteiger partial charge in [-0.2, -0.15) is 0 Å². The van der Waals surface area contributed by atoms with Crippen molar-refractivity contribution >= 4 is 17.0 Å². The molecule has 2 unspecified atom stereocenters. The smallest absolute Gasteiger partial charge is 0.203 e. The van der Waals surface area contributed by atoms with E-state index in [0.29, 0.717) is 5.92 Å². The SMILES string of the molecule is CC1CN(c2nc3ccc(F)cc3[nH]2)CCC1N. The third-order valence-corrected chi connectivity index (χ3v) is 3.70. The van der Waals surface area contributed by atoms with E-state index in [-0.39, 0.29) is 11.9 Å². The minimum Gasteiger partial charge on any atom is -0.342 e. The van der Waals surface area contributed by atoms with Crippen molar-refractivity contribution < 1.29 is 4.39 Å². The third kappa shape index (κ3) is 1.95. The van der Waals surface area contributed by atoms with Gasteiger partial charge >= 0.3 is 0 Å². The number of hydrogen-bond donors (Lipinski definition) is 2. The van der Waals surface area contributed by atoms with Gasteiger partial charge in [-0.15, -0.1) is 0 Å². The molecule has 1 aromatic heterocycles. The standard InChI is InChI=1S/C13H17FN4/c1-8-7-18(5-4-10(8)15)13-16-11-3-2-9(14)6-12(11)17-13/h2-3,6,8,10H,4-5,7,15H2,1H3,(H,16,17). The summed E-state index contributed by atoms with van der Waals surface area (Å²) in [7, 11) is 0. The van der Waals surface area contributed by atoms with Crippen LogP contribution in [0.1, 0.15) is 13.3 Å². The van der Waals surface area contributed by atoms with Crippen molar-refractivity contribution in [3.63, 3.8) is 0 Å². The number of benzene rings is 1. The summed E-state index contributed by atoms with van der Waals surface area (Å²) in [5.74, 6) is 1.02. The lowest BCUT2D eigenvalue weighted by Crippen LogP contribution is -2.46. The van der Waals surface area contributed by atoms with E-state index in [1.165, 1.54) is 12.1 Å². The van der Waals surface area contributed by atoms with E-state index in [2.05, 4.69) is 21.8 Å². The van der Waals surface area contributed by atoms with Gasteiger partial charge in [0.2, 0.25) is 5.95 Å². The fourth-order valence-electron chi connectivity index (χ4n) is 2.47. The second-order valence-corrected chi connectivity index (χ2v) is 5.10. The van der Waals surface area contributed by atoms with E-state index >= 15 is 0 Å². The van der Waals surface area contributed by atoms with Gasteiger partial charge in [-0.3, -0.25) is 0 Å². The molecular weight excluding hydrogens is 231 g/mol. The maximum atomic E-state index is 13.1. The lowest BCUT2D eigenvalue weighted by molar-refractivity contribution is 0.380.